The number of benzene rings is 2. The third-order valence-electron chi connectivity index (χ3n) is 4.29. The fourth-order valence-electron chi connectivity index (χ4n) is 2.87. The van der Waals surface area contributed by atoms with E-state index in [1.807, 2.05) is 0 Å². The van der Waals surface area contributed by atoms with Crippen LogP contribution in [0.1, 0.15) is 37.3 Å². The van der Waals surface area contributed by atoms with E-state index in [-0.39, 0.29) is 0 Å². The van der Waals surface area contributed by atoms with Gasteiger partial charge in [0.15, 0.2) is 0 Å². The van der Waals surface area contributed by atoms with Crippen LogP contribution in [0.15, 0.2) is 65.7 Å². The van der Waals surface area contributed by atoms with Crippen molar-refractivity contribution >= 4 is 5.71 Å². The molecule has 0 bridgehead atoms. The summed E-state index contributed by atoms with van der Waals surface area (Å²) >= 11 is 0. The maximum Gasteiger partial charge on any atom is 0.0722 e. The molecule has 1 heteroatoms. The van der Waals surface area contributed by atoms with Crippen molar-refractivity contribution in [3.05, 3.63) is 71.8 Å². The maximum absolute atomic E-state index is 5.09. The molecule has 2 aromatic rings. The molecule has 0 aromatic heterocycles. The Labute approximate surface area is 121 Å². The molecule has 102 valence electrons. The smallest absolute Gasteiger partial charge is 0.0722 e. The first-order valence-electron chi connectivity index (χ1n) is 7.57. The van der Waals surface area contributed by atoms with Gasteiger partial charge in [-0.15, -0.1) is 0 Å². The summed E-state index contributed by atoms with van der Waals surface area (Å²) in [7, 11) is 0. The molecule has 1 aliphatic rings. The first-order valence-corrected chi connectivity index (χ1v) is 7.57. The Hall–Kier alpha value is -1.89. The van der Waals surface area contributed by atoms with Gasteiger partial charge in [-0.2, -0.15) is 0 Å². The van der Waals surface area contributed by atoms with Crippen molar-refractivity contribution in [2.24, 2.45) is 10.9 Å². The van der Waals surface area contributed by atoms with Crippen LogP contribution in [0.25, 0.3) is 0 Å². The standard InChI is InChI=1S/C19H21N/c1-2-15-13-14-18(15)20-19(16-9-5-3-6-10-16)17-11-7-4-8-12-17/h3-12,15,18H,2,13-14H2,1H3. The third-order valence-corrected chi connectivity index (χ3v) is 4.29. The Morgan fingerprint density at radius 2 is 1.45 bits per heavy atom. The predicted octanol–water partition coefficient (Wildman–Crippen LogP) is 4.71. The Kier molecular flexibility index (Phi) is 3.96. The number of rotatable bonds is 4. The van der Waals surface area contributed by atoms with Gasteiger partial charge in [-0.3, -0.25) is 4.99 Å². The first-order chi connectivity index (χ1) is 9.88. The minimum atomic E-state index is 0.510. The van der Waals surface area contributed by atoms with E-state index in [2.05, 4.69) is 67.6 Å². The summed E-state index contributed by atoms with van der Waals surface area (Å²) in [5.74, 6) is 0.775. The molecule has 20 heavy (non-hydrogen) atoms. The predicted molar refractivity (Wildman–Crippen MR) is 85.3 cm³/mol. The van der Waals surface area contributed by atoms with Crippen molar-refractivity contribution in [3.8, 4) is 0 Å². The highest BCUT2D eigenvalue weighted by molar-refractivity contribution is 6.13. The third kappa shape index (κ3) is 2.67. The number of hydrogen-bond donors (Lipinski definition) is 0. The molecule has 0 N–H and O–H groups in total. The van der Waals surface area contributed by atoms with Crippen molar-refractivity contribution in [2.75, 3.05) is 0 Å². The van der Waals surface area contributed by atoms with Crippen LogP contribution < -0.4 is 0 Å². The zero-order chi connectivity index (χ0) is 13.8. The van der Waals surface area contributed by atoms with Crippen LogP contribution in [0.5, 0.6) is 0 Å². The van der Waals surface area contributed by atoms with Gasteiger partial charge in [0, 0.05) is 11.1 Å². The van der Waals surface area contributed by atoms with Gasteiger partial charge in [-0.05, 0) is 18.8 Å². The highest BCUT2D eigenvalue weighted by atomic mass is 14.8. The van der Waals surface area contributed by atoms with Crippen LogP contribution in [0.4, 0.5) is 0 Å². The highest BCUT2D eigenvalue weighted by Crippen LogP contribution is 2.33. The van der Waals surface area contributed by atoms with Crippen molar-refractivity contribution in [1.82, 2.24) is 0 Å². The van der Waals surface area contributed by atoms with Crippen molar-refractivity contribution < 1.29 is 0 Å². The van der Waals surface area contributed by atoms with E-state index >= 15 is 0 Å². The molecule has 0 heterocycles. The van der Waals surface area contributed by atoms with Gasteiger partial charge in [-0.25, -0.2) is 0 Å². The summed E-state index contributed by atoms with van der Waals surface area (Å²) in [5, 5.41) is 0. The molecular weight excluding hydrogens is 242 g/mol. The highest BCUT2D eigenvalue weighted by Gasteiger charge is 2.29. The summed E-state index contributed by atoms with van der Waals surface area (Å²) in [5.41, 5.74) is 3.59. The molecule has 1 nitrogen and oxygen atoms in total. The largest absolute Gasteiger partial charge is 0.280 e. The normalized spacial score (nSPS) is 21.1. The van der Waals surface area contributed by atoms with E-state index in [0.717, 1.165) is 11.6 Å². The van der Waals surface area contributed by atoms with Gasteiger partial charge in [0.05, 0.1) is 11.8 Å². The molecule has 0 saturated heterocycles. The summed E-state index contributed by atoms with van der Waals surface area (Å²) in [6.07, 6.45) is 3.81. The van der Waals surface area contributed by atoms with E-state index < -0.39 is 0 Å². The quantitative estimate of drug-likeness (QED) is 0.708. The Morgan fingerprint density at radius 1 is 0.900 bits per heavy atom. The zero-order valence-corrected chi connectivity index (χ0v) is 12.0. The fraction of sp³-hybridized carbons (Fsp3) is 0.316. The summed E-state index contributed by atoms with van der Waals surface area (Å²) in [4.78, 5) is 5.09. The Bertz CT molecular complexity index is 528. The molecular formula is C19H21N. The summed E-state index contributed by atoms with van der Waals surface area (Å²) < 4.78 is 0. The summed E-state index contributed by atoms with van der Waals surface area (Å²) in [6.45, 7) is 2.27. The van der Waals surface area contributed by atoms with Gasteiger partial charge in [0.1, 0.15) is 0 Å². The van der Waals surface area contributed by atoms with Crippen LogP contribution in [0, 0.1) is 5.92 Å². The average molecular weight is 263 g/mol. The van der Waals surface area contributed by atoms with Crippen molar-refractivity contribution in [3.63, 3.8) is 0 Å². The van der Waals surface area contributed by atoms with Crippen LogP contribution in [0.3, 0.4) is 0 Å². The number of hydrogen-bond acceptors (Lipinski definition) is 1. The molecule has 1 fully saturated rings. The minimum Gasteiger partial charge on any atom is -0.280 e. The number of aliphatic imine (C=N–C) groups is 1. The van der Waals surface area contributed by atoms with Crippen LogP contribution >= 0.6 is 0 Å². The average Bonchev–Trinajstić information content (AvgIpc) is 2.49. The van der Waals surface area contributed by atoms with E-state index in [1.54, 1.807) is 0 Å². The second-order valence-electron chi connectivity index (χ2n) is 5.52. The molecule has 2 unspecified atom stereocenters. The van der Waals surface area contributed by atoms with E-state index in [9.17, 15) is 0 Å². The SMILES string of the molecule is CCC1CCC1N=C(c1ccccc1)c1ccccc1. The lowest BCUT2D eigenvalue weighted by Crippen LogP contribution is -2.30. The lowest BCUT2D eigenvalue weighted by Gasteiger charge is -2.33. The fourth-order valence-corrected chi connectivity index (χ4v) is 2.87. The molecule has 3 rings (SSSR count). The number of nitrogens with zero attached hydrogens (tertiary/aromatic N) is 1. The Balaban J connectivity index is 1.98. The molecule has 0 spiro atoms. The van der Waals surface area contributed by atoms with Crippen LogP contribution in [0.2, 0.25) is 0 Å². The molecule has 0 radical (unpaired) electrons. The second kappa shape index (κ2) is 6.04. The van der Waals surface area contributed by atoms with Crippen LogP contribution in [-0.2, 0) is 0 Å². The molecule has 0 amide bonds. The van der Waals surface area contributed by atoms with E-state index in [1.165, 1.54) is 30.4 Å². The topological polar surface area (TPSA) is 12.4 Å². The Morgan fingerprint density at radius 3 is 1.85 bits per heavy atom. The molecule has 2 atom stereocenters. The monoisotopic (exact) mass is 263 g/mol. The van der Waals surface area contributed by atoms with Crippen molar-refractivity contribution in [1.29, 1.82) is 0 Å². The molecule has 1 saturated carbocycles. The van der Waals surface area contributed by atoms with Crippen LogP contribution in [-0.4, -0.2) is 11.8 Å². The van der Waals surface area contributed by atoms with E-state index in [4.69, 9.17) is 4.99 Å². The maximum atomic E-state index is 5.09. The van der Waals surface area contributed by atoms with Crippen molar-refractivity contribution in [2.45, 2.75) is 32.2 Å². The van der Waals surface area contributed by atoms with E-state index in [0.29, 0.717) is 6.04 Å². The van der Waals surface area contributed by atoms with Gasteiger partial charge in [-0.1, -0.05) is 74.0 Å². The molecule has 2 aromatic carbocycles. The molecule has 1 aliphatic carbocycles. The lowest BCUT2D eigenvalue weighted by molar-refractivity contribution is 0.252. The lowest BCUT2D eigenvalue weighted by atomic mass is 9.78. The van der Waals surface area contributed by atoms with Gasteiger partial charge < -0.3 is 0 Å². The first kappa shape index (κ1) is 13.1. The van der Waals surface area contributed by atoms with Gasteiger partial charge in [0.2, 0.25) is 0 Å². The van der Waals surface area contributed by atoms with Gasteiger partial charge >= 0.3 is 0 Å². The summed E-state index contributed by atoms with van der Waals surface area (Å²) in [6, 6.07) is 21.6. The second-order valence-corrected chi connectivity index (χ2v) is 5.52. The zero-order valence-electron chi connectivity index (χ0n) is 12.0. The van der Waals surface area contributed by atoms with Gasteiger partial charge in [0.25, 0.3) is 0 Å². The molecule has 0 aliphatic heterocycles. The minimum absolute atomic E-state index is 0.510.